The fourth-order valence-electron chi connectivity index (χ4n) is 2.47. The fourth-order valence-corrected chi connectivity index (χ4v) is 6.21. The molecule has 7 nitrogen and oxygen atoms in total. The second-order valence-corrected chi connectivity index (χ2v) is 11.4. The number of para-hydroxylation sites is 1. The number of hydrogen-bond acceptors (Lipinski definition) is 7. The van der Waals surface area contributed by atoms with Gasteiger partial charge in [-0.05, 0) is 24.3 Å². The SMILES string of the molecule is CC(C)Sc1nnc(NC(=O)CN(c2ccccc2Cl)S(=O)(=O)c2ccccc2)s1. The van der Waals surface area contributed by atoms with Crippen molar-refractivity contribution in [3.8, 4) is 0 Å². The van der Waals surface area contributed by atoms with Crippen molar-refractivity contribution in [1.82, 2.24) is 10.2 Å². The molecule has 3 rings (SSSR count). The van der Waals surface area contributed by atoms with Crippen LogP contribution in [-0.4, -0.2) is 36.3 Å². The Bertz CT molecular complexity index is 1120. The molecule has 11 heteroatoms. The van der Waals surface area contributed by atoms with Crippen LogP contribution in [0, 0.1) is 0 Å². The van der Waals surface area contributed by atoms with Gasteiger partial charge >= 0.3 is 0 Å². The van der Waals surface area contributed by atoms with Gasteiger partial charge in [-0.1, -0.05) is 78.9 Å². The molecule has 0 aliphatic heterocycles. The number of anilines is 2. The number of nitrogens with zero attached hydrogens (tertiary/aromatic N) is 3. The molecule has 0 bridgehead atoms. The van der Waals surface area contributed by atoms with Gasteiger partial charge in [0, 0.05) is 5.25 Å². The molecule has 1 heterocycles. The minimum atomic E-state index is -4.02. The highest BCUT2D eigenvalue weighted by atomic mass is 35.5. The van der Waals surface area contributed by atoms with Gasteiger partial charge in [-0.15, -0.1) is 10.2 Å². The number of nitrogens with one attached hydrogen (secondary N) is 1. The molecular weight excluding hydrogens is 464 g/mol. The van der Waals surface area contributed by atoms with Crippen LogP contribution in [-0.2, 0) is 14.8 Å². The van der Waals surface area contributed by atoms with E-state index < -0.39 is 22.5 Å². The van der Waals surface area contributed by atoms with Gasteiger partial charge in [0.05, 0.1) is 15.6 Å². The fraction of sp³-hybridized carbons (Fsp3) is 0.211. The summed E-state index contributed by atoms with van der Waals surface area (Å²) in [4.78, 5) is 12.7. The van der Waals surface area contributed by atoms with Gasteiger partial charge in [-0.2, -0.15) is 0 Å². The van der Waals surface area contributed by atoms with Crippen LogP contribution in [0.1, 0.15) is 13.8 Å². The van der Waals surface area contributed by atoms with Crippen molar-refractivity contribution in [2.45, 2.75) is 28.3 Å². The van der Waals surface area contributed by atoms with Gasteiger partial charge < -0.3 is 0 Å². The van der Waals surface area contributed by atoms with Gasteiger partial charge in [-0.25, -0.2) is 8.42 Å². The van der Waals surface area contributed by atoms with Crippen LogP contribution in [0.15, 0.2) is 63.8 Å². The zero-order valence-corrected chi connectivity index (χ0v) is 19.4. The van der Waals surface area contributed by atoms with Crippen molar-refractivity contribution in [3.05, 3.63) is 59.6 Å². The summed E-state index contributed by atoms with van der Waals surface area (Å²) < 4.78 is 28.2. The van der Waals surface area contributed by atoms with E-state index in [0.29, 0.717) is 10.4 Å². The van der Waals surface area contributed by atoms with E-state index in [0.717, 1.165) is 8.64 Å². The third kappa shape index (κ3) is 5.51. The maximum absolute atomic E-state index is 13.3. The van der Waals surface area contributed by atoms with Gasteiger partial charge in [-0.3, -0.25) is 14.4 Å². The van der Waals surface area contributed by atoms with Crippen LogP contribution in [0.25, 0.3) is 0 Å². The minimum absolute atomic E-state index is 0.0595. The molecule has 0 saturated heterocycles. The lowest BCUT2D eigenvalue weighted by atomic mass is 10.3. The molecule has 0 unspecified atom stereocenters. The maximum Gasteiger partial charge on any atom is 0.264 e. The number of rotatable bonds is 8. The molecule has 0 saturated carbocycles. The summed E-state index contributed by atoms with van der Waals surface area (Å²) in [5, 5.41) is 11.4. The zero-order valence-electron chi connectivity index (χ0n) is 16.1. The third-order valence-corrected chi connectivity index (χ3v) is 7.75. The van der Waals surface area contributed by atoms with Gasteiger partial charge in [0.15, 0.2) is 4.34 Å². The van der Waals surface area contributed by atoms with Crippen LogP contribution in [0.2, 0.25) is 5.02 Å². The smallest absolute Gasteiger partial charge is 0.264 e. The average Bonchev–Trinajstić information content (AvgIpc) is 3.13. The zero-order chi connectivity index (χ0) is 21.7. The molecule has 1 amide bonds. The molecule has 3 aromatic rings. The number of amides is 1. The van der Waals surface area contributed by atoms with Crippen LogP contribution < -0.4 is 9.62 Å². The van der Waals surface area contributed by atoms with Crippen LogP contribution in [0.4, 0.5) is 10.8 Å². The number of benzene rings is 2. The van der Waals surface area contributed by atoms with Crippen molar-refractivity contribution in [2.75, 3.05) is 16.2 Å². The Morgan fingerprint density at radius 3 is 2.47 bits per heavy atom. The Balaban J connectivity index is 1.87. The van der Waals surface area contributed by atoms with Crippen LogP contribution in [0.3, 0.4) is 0 Å². The Kier molecular flexibility index (Phi) is 7.35. The molecule has 0 spiro atoms. The van der Waals surface area contributed by atoms with E-state index >= 15 is 0 Å². The summed E-state index contributed by atoms with van der Waals surface area (Å²) >= 11 is 9.01. The molecule has 0 radical (unpaired) electrons. The van der Waals surface area contributed by atoms with Crippen molar-refractivity contribution in [1.29, 1.82) is 0 Å². The predicted octanol–water partition coefficient (Wildman–Crippen LogP) is 4.53. The molecule has 1 aromatic heterocycles. The number of aromatic nitrogens is 2. The Hall–Kier alpha value is -2.14. The Labute approximate surface area is 188 Å². The second-order valence-electron chi connectivity index (χ2n) is 6.36. The Morgan fingerprint density at radius 2 is 1.80 bits per heavy atom. The maximum atomic E-state index is 13.3. The van der Waals surface area contributed by atoms with E-state index in [1.54, 1.807) is 42.5 Å². The topological polar surface area (TPSA) is 92.3 Å². The summed E-state index contributed by atoms with van der Waals surface area (Å²) in [7, 11) is -4.02. The second kappa shape index (κ2) is 9.78. The van der Waals surface area contributed by atoms with Crippen molar-refractivity contribution in [3.63, 3.8) is 0 Å². The highest BCUT2D eigenvalue weighted by Gasteiger charge is 2.28. The molecule has 0 fully saturated rings. The first-order valence-corrected chi connectivity index (χ1v) is 12.4. The van der Waals surface area contributed by atoms with E-state index in [1.807, 2.05) is 13.8 Å². The van der Waals surface area contributed by atoms with Gasteiger partial charge in [0.2, 0.25) is 11.0 Å². The first kappa shape index (κ1) is 22.5. The predicted molar refractivity (Wildman–Crippen MR) is 122 cm³/mol. The largest absolute Gasteiger partial charge is 0.299 e. The monoisotopic (exact) mass is 482 g/mol. The molecule has 1 N–H and O–H groups in total. The molecular formula is C19H19ClN4O3S3. The van der Waals surface area contributed by atoms with Gasteiger partial charge in [0.25, 0.3) is 10.0 Å². The lowest BCUT2D eigenvalue weighted by Crippen LogP contribution is -2.38. The highest BCUT2D eigenvalue weighted by molar-refractivity contribution is 8.01. The molecule has 30 heavy (non-hydrogen) atoms. The van der Waals surface area contributed by atoms with E-state index in [2.05, 4.69) is 15.5 Å². The number of carbonyl (C=O) groups is 1. The van der Waals surface area contributed by atoms with Crippen LogP contribution >= 0.6 is 34.7 Å². The van der Waals surface area contributed by atoms with Crippen molar-refractivity contribution in [2.24, 2.45) is 0 Å². The van der Waals surface area contributed by atoms with E-state index in [4.69, 9.17) is 11.6 Å². The van der Waals surface area contributed by atoms with Crippen LogP contribution in [0.5, 0.6) is 0 Å². The van der Waals surface area contributed by atoms with E-state index in [-0.39, 0.29) is 15.6 Å². The van der Waals surface area contributed by atoms with Gasteiger partial charge in [0.1, 0.15) is 6.54 Å². The summed E-state index contributed by atoms with van der Waals surface area (Å²) in [6.07, 6.45) is 0. The third-order valence-electron chi connectivity index (χ3n) is 3.73. The quantitative estimate of drug-likeness (QED) is 0.374. The summed E-state index contributed by atoms with van der Waals surface area (Å²) in [5.41, 5.74) is 0.214. The Morgan fingerprint density at radius 1 is 1.13 bits per heavy atom. The van der Waals surface area contributed by atoms with E-state index in [1.165, 1.54) is 35.2 Å². The number of carbonyl (C=O) groups excluding carboxylic acids is 1. The first-order valence-electron chi connectivity index (χ1n) is 8.89. The highest BCUT2D eigenvalue weighted by Crippen LogP contribution is 2.31. The summed E-state index contributed by atoms with van der Waals surface area (Å²) in [6, 6.07) is 14.4. The number of sulfonamides is 1. The molecule has 0 atom stereocenters. The van der Waals surface area contributed by atoms with Crippen molar-refractivity contribution >= 4 is 61.4 Å². The standard InChI is InChI=1S/C19H19ClN4O3S3/c1-13(2)28-19-23-22-18(29-19)21-17(25)12-24(16-11-7-6-10-15(16)20)30(26,27)14-8-4-3-5-9-14/h3-11,13H,12H2,1-2H3,(H,21,22,25). The first-order chi connectivity index (χ1) is 14.3. The average molecular weight is 483 g/mol. The lowest BCUT2D eigenvalue weighted by molar-refractivity contribution is -0.114. The number of halogens is 1. The minimum Gasteiger partial charge on any atom is -0.299 e. The summed E-state index contributed by atoms with van der Waals surface area (Å²) in [5.74, 6) is -0.549. The number of hydrogen-bond donors (Lipinski definition) is 1. The molecule has 158 valence electrons. The van der Waals surface area contributed by atoms with E-state index in [9.17, 15) is 13.2 Å². The normalized spacial score (nSPS) is 11.5. The number of thioether (sulfide) groups is 1. The lowest BCUT2D eigenvalue weighted by Gasteiger charge is -2.24. The summed E-state index contributed by atoms with van der Waals surface area (Å²) in [6.45, 7) is 3.59. The van der Waals surface area contributed by atoms with Crippen molar-refractivity contribution < 1.29 is 13.2 Å². The molecule has 0 aliphatic carbocycles. The molecule has 0 aliphatic rings. The molecule has 2 aromatic carbocycles.